The molecule has 0 bridgehead atoms. The summed E-state index contributed by atoms with van der Waals surface area (Å²) in [5, 5.41) is 0. The molecule has 4 heteroatoms. The monoisotopic (exact) mass is 236 g/mol. The number of rotatable bonds is 7. The molecule has 0 spiro atoms. The molecule has 0 rings (SSSR count). The number of hydrogen-bond acceptors (Lipinski definition) is 2. The topological polar surface area (TPSA) is 46.3 Å². The molecule has 0 heterocycles. The van der Waals surface area contributed by atoms with Gasteiger partial charge in [0.05, 0.1) is 0 Å². The number of carbonyl (C=O) groups is 1. The standard InChI is InChI=1S/C11H24N2O.ClH/c1-10(2)13(3)11(14)8-6-4-5-7-9-12;/h10H,4-9,12H2,1-3H3;1H. The van der Waals surface area contributed by atoms with Crippen molar-refractivity contribution in [3.8, 4) is 0 Å². The van der Waals surface area contributed by atoms with Gasteiger partial charge in [-0.1, -0.05) is 12.8 Å². The van der Waals surface area contributed by atoms with Crippen LogP contribution in [0.4, 0.5) is 0 Å². The summed E-state index contributed by atoms with van der Waals surface area (Å²) in [6, 6.07) is 0.312. The largest absolute Gasteiger partial charge is 0.343 e. The summed E-state index contributed by atoms with van der Waals surface area (Å²) in [6.45, 7) is 4.83. The van der Waals surface area contributed by atoms with Crippen LogP contribution in [0.5, 0.6) is 0 Å². The molecule has 0 unspecified atom stereocenters. The highest BCUT2D eigenvalue weighted by molar-refractivity contribution is 5.85. The third-order valence-corrected chi connectivity index (χ3v) is 2.51. The van der Waals surface area contributed by atoms with Gasteiger partial charge in [-0.15, -0.1) is 12.4 Å². The van der Waals surface area contributed by atoms with Gasteiger partial charge in [0.2, 0.25) is 5.91 Å². The summed E-state index contributed by atoms with van der Waals surface area (Å²) in [6.07, 6.45) is 5.02. The van der Waals surface area contributed by atoms with Gasteiger partial charge in [-0.2, -0.15) is 0 Å². The highest BCUT2D eigenvalue weighted by Gasteiger charge is 2.10. The van der Waals surface area contributed by atoms with Crippen molar-refractivity contribution in [1.82, 2.24) is 4.90 Å². The fourth-order valence-corrected chi connectivity index (χ4v) is 1.24. The minimum absolute atomic E-state index is 0. The average Bonchev–Trinajstić information content (AvgIpc) is 2.16. The molecule has 92 valence electrons. The maximum Gasteiger partial charge on any atom is 0.222 e. The van der Waals surface area contributed by atoms with E-state index in [9.17, 15) is 4.79 Å². The first-order valence-corrected chi connectivity index (χ1v) is 5.55. The van der Waals surface area contributed by atoms with Gasteiger partial charge in [0, 0.05) is 19.5 Å². The van der Waals surface area contributed by atoms with E-state index in [4.69, 9.17) is 5.73 Å². The van der Waals surface area contributed by atoms with Crippen LogP contribution in [-0.4, -0.2) is 30.4 Å². The number of nitrogens with two attached hydrogens (primary N) is 1. The zero-order valence-corrected chi connectivity index (χ0v) is 11.0. The summed E-state index contributed by atoms with van der Waals surface area (Å²) < 4.78 is 0. The number of nitrogens with zero attached hydrogens (tertiary/aromatic N) is 1. The van der Waals surface area contributed by atoms with Crippen molar-refractivity contribution in [2.45, 2.75) is 52.0 Å². The number of hydrogen-bond donors (Lipinski definition) is 1. The fourth-order valence-electron chi connectivity index (χ4n) is 1.24. The van der Waals surface area contributed by atoms with E-state index in [2.05, 4.69) is 0 Å². The molecule has 0 aromatic heterocycles. The van der Waals surface area contributed by atoms with E-state index in [0.29, 0.717) is 12.5 Å². The van der Waals surface area contributed by atoms with E-state index < -0.39 is 0 Å². The van der Waals surface area contributed by atoms with E-state index in [1.807, 2.05) is 25.8 Å². The quantitative estimate of drug-likeness (QED) is 0.689. The molecule has 0 aromatic rings. The van der Waals surface area contributed by atoms with Crippen LogP contribution in [0.3, 0.4) is 0 Å². The lowest BCUT2D eigenvalue weighted by Crippen LogP contribution is -2.32. The molecular formula is C11H25ClN2O. The Hall–Kier alpha value is -0.280. The summed E-state index contributed by atoms with van der Waals surface area (Å²) in [7, 11) is 1.87. The van der Waals surface area contributed by atoms with Crippen molar-refractivity contribution < 1.29 is 4.79 Å². The van der Waals surface area contributed by atoms with Crippen molar-refractivity contribution in [1.29, 1.82) is 0 Å². The van der Waals surface area contributed by atoms with Crippen molar-refractivity contribution in [3.05, 3.63) is 0 Å². The second-order valence-electron chi connectivity index (χ2n) is 4.05. The average molecular weight is 237 g/mol. The highest BCUT2D eigenvalue weighted by Crippen LogP contribution is 2.05. The molecule has 0 saturated heterocycles. The van der Waals surface area contributed by atoms with Crippen LogP contribution in [0, 0.1) is 0 Å². The molecule has 1 amide bonds. The van der Waals surface area contributed by atoms with Crippen LogP contribution in [0.2, 0.25) is 0 Å². The van der Waals surface area contributed by atoms with E-state index >= 15 is 0 Å². The first kappa shape index (κ1) is 17.1. The van der Waals surface area contributed by atoms with Crippen LogP contribution in [0.1, 0.15) is 46.0 Å². The highest BCUT2D eigenvalue weighted by atomic mass is 35.5. The molecule has 3 nitrogen and oxygen atoms in total. The lowest BCUT2D eigenvalue weighted by molar-refractivity contribution is -0.131. The first-order valence-electron chi connectivity index (χ1n) is 5.55. The molecule has 0 atom stereocenters. The Morgan fingerprint density at radius 1 is 1.20 bits per heavy atom. The maximum atomic E-state index is 11.5. The summed E-state index contributed by atoms with van der Waals surface area (Å²) in [4.78, 5) is 13.3. The molecule has 0 aliphatic heterocycles. The van der Waals surface area contributed by atoms with Gasteiger partial charge < -0.3 is 10.6 Å². The molecule has 0 radical (unpaired) electrons. The van der Waals surface area contributed by atoms with Gasteiger partial charge in [-0.05, 0) is 33.2 Å². The van der Waals surface area contributed by atoms with Crippen LogP contribution in [0.25, 0.3) is 0 Å². The minimum atomic E-state index is 0. The van der Waals surface area contributed by atoms with Gasteiger partial charge in [-0.25, -0.2) is 0 Å². The lowest BCUT2D eigenvalue weighted by atomic mass is 10.1. The predicted octanol–water partition coefficient (Wildman–Crippen LogP) is 2.18. The Morgan fingerprint density at radius 3 is 2.20 bits per heavy atom. The van der Waals surface area contributed by atoms with E-state index in [1.54, 1.807) is 0 Å². The van der Waals surface area contributed by atoms with Crippen molar-refractivity contribution in [3.63, 3.8) is 0 Å². The Labute approximate surface area is 99.8 Å². The number of halogens is 1. The van der Waals surface area contributed by atoms with Gasteiger partial charge >= 0.3 is 0 Å². The SMILES string of the molecule is CC(C)N(C)C(=O)CCCCCCN.Cl. The van der Waals surface area contributed by atoms with Crippen molar-refractivity contribution >= 4 is 18.3 Å². The number of carbonyl (C=O) groups excluding carboxylic acids is 1. The molecule has 0 aliphatic carbocycles. The number of amides is 1. The predicted molar refractivity (Wildman–Crippen MR) is 67.3 cm³/mol. The van der Waals surface area contributed by atoms with Crippen molar-refractivity contribution in [2.75, 3.05) is 13.6 Å². The van der Waals surface area contributed by atoms with Crippen LogP contribution in [-0.2, 0) is 4.79 Å². The lowest BCUT2D eigenvalue weighted by Gasteiger charge is -2.21. The van der Waals surface area contributed by atoms with Crippen LogP contribution in [0.15, 0.2) is 0 Å². The van der Waals surface area contributed by atoms with Gasteiger partial charge in [-0.3, -0.25) is 4.79 Å². The summed E-state index contributed by atoms with van der Waals surface area (Å²) in [5.74, 6) is 0.257. The first-order chi connectivity index (χ1) is 6.59. The van der Waals surface area contributed by atoms with Gasteiger partial charge in [0.1, 0.15) is 0 Å². The number of unbranched alkanes of at least 4 members (excludes halogenated alkanes) is 3. The Bertz CT molecular complexity index is 163. The maximum absolute atomic E-state index is 11.5. The zero-order valence-electron chi connectivity index (χ0n) is 10.2. The smallest absolute Gasteiger partial charge is 0.222 e. The zero-order chi connectivity index (χ0) is 11.0. The third-order valence-electron chi connectivity index (χ3n) is 2.51. The Morgan fingerprint density at radius 2 is 1.73 bits per heavy atom. The molecule has 0 aliphatic rings. The molecule has 2 N–H and O–H groups in total. The fraction of sp³-hybridized carbons (Fsp3) is 0.909. The third kappa shape index (κ3) is 8.70. The van der Waals surface area contributed by atoms with Crippen LogP contribution < -0.4 is 5.73 Å². The summed E-state index contributed by atoms with van der Waals surface area (Å²) in [5.41, 5.74) is 5.38. The second-order valence-corrected chi connectivity index (χ2v) is 4.05. The second kappa shape index (κ2) is 10.2. The molecule has 0 aromatic carbocycles. The molecular weight excluding hydrogens is 212 g/mol. The van der Waals surface area contributed by atoms with E-state index in [-0.39, 0.29) is 18.3 Å². The van der Waals surface area contributed by atoms with Crippen molar-refractivity contribution in [2.24, 2.45) is 5.73 Å². The van der Waals surface area contributed by atoms with Gasteiger partial charge in [0.15, 0.2) is 0 Å². The van der Waals surface area contributed by atoms with Crippen LogP contribution >= 0.6 is 12.4 Å². The molecule has 15 heavy (non-hydrogen) atoms. The van der Waals surface area contributed by atoms with Gasteiger partial charge in [0.25, 0.3) is 0 Å². The minimum Gasteiger partial charge on any atom is -0.343 e. The van der Waals surface area contributed by atoms with E-state index in [0.717, 1.165) is 32.2 Å². The molecule has 0 saturated carbocycles. The molecule has 0 fully saturated rings. The Balaban J connectivity index is 0. The normalized spacial score (nSPS) is 9.93. The Kier molecular flexibility index (Phi) is 11.7. The summed E-state index contributed by atoms with van der Waals surface area (Å²) >= 11 is 0. The van der Waals surface area contributed by atoms with E-state index in [1.165, 1.54) is 0 Å².